The van der Waals surface area contributed by atoms with Gasteiger partial charge in [-0.3, -0.25) is 0 Å². The van der Waals surface area contributed by atoms with Crippen LogP contribution in [0.2, 0.25) is 5.02 Å². The Morgan fingerprint density at radius 2 is 2.33 bits per heavy atom. The molecule has 0 saturated heterocycles. The van der Waals surface area contributed by atoms with Crippen LogP contribution in [0, 0.1) is 6.07 Å². The van der Waals surface area contributed by atoms with Crippen LogP contribution < -0.4 is 4.74 Å². The minimum atomic E-state index is -0.120. The van der Waals surface area contributed by atoms with Crippen molar-refractivity contribution in [1.29, 1.82) is 0 Å². The van der Waals surface area contributed by atoms with Crippen molar-refractivity contribution in [3.05, 3.63) is 23.2 Å². The summed E-state index contributed by atoms with van der Waals surface area (Å²) in [4.78, 5) is 0. The van der Waals surface area contributed by atoms with E-state index in [0.717, 1.165) is 0 Å². The number of hydrogen-bond donors (Lipinski definition) is 1. The van der Waals surface area contributed by atoms with Gasteiger partial charge in [-0.2, -0.15) is 0 Å². The molecule has 0 heterocycles. The van der Waals surface area contributed by atoms with E-state index >= 15 is 0 Å². The van der Waals surface area contributed by atoms with Gasteiger partial charge in [-0.1, -0.05) is 11.6 Å². The van der Waals surface area contributed by atoms with Crippen LogP contribution in [-0.2, 0) is 4.74 Å². The monoisotopic (exact) mass is 187 g/mol. The lowest BCUT2D eigenvalue weighted by molar-refractivity contribution is 0.0508. The van der Waals surface area contributed by atoms with E-state index in [1.165, 1.54) is 13.2 Å². The smallest absolute Gasteiger partial charge is 0.188 e. The van der Waals surface area contributed by atoms with E-state index < -0.39 is 0 Å². The molecule has 12 heavy (non-hydrogen) atoms. The quantitative estimate of drug-likeness (QED) is 0.734. The summed E-state index contributed by atoms with van der Waals surface area (Å²) in [6.45, 7) is 0.123. The van der Waals surface area contributed by atoms with Gasteiger partial charge >= 0.3 is 0 Å². The number of phenols is 1. The molecule has 1 rings (SSSR count). The van der Waals surface area contributed by atoms with Gasteiger partial charge in [0.25, 0.3) is 0 Å². The van der Waals surface area contributed by atoms with Crippen LogP contribution in [-0.4, -0.2) is 19.0 Å². The summed E-state index contributed by atoms with van der Waals surface area (Å²) in [5, 5.41) is 9.34. The van der Waals surface area contributed by atoms with Gasteiger partial charge in [-0.25, -0.2) is 0 Å². The predicted octanol–water partition coefficient (Wildman–Crippen LogP) is 1.83. The van der Waals surface area contributed by atoms with E-state index in [-0.39, 0.29) is 17.6 Å². The molecule has 1 aromatic carbocycles. The molecule has 0 aliphatic rings. The fourth-order valence-corrected chi connectivity index (χ4v) is 0.763. The van der Waals surface area contributed by atoms with Gasteiger partial charge in [-0.15, -0.1) is 0 Å². The zero-order chi connectivity index (χ0) is 8.97. The Hall–Kier alpha value is -0.930. The molecular weight excluding hydrogens is 180 g/mol. The predicted molar refractivity (Wildman–Crippen MR) is 44.5 cm³/mol. The first-order chi connectivity index (χ1) is 5.74. The van der Waals surface area contributed by atoms with Crippen molar-refractivity contribution < 1.29 is 14.6 Å². The van der Waals surface area contributed by atoms with Crippen LogP contribution in [0.4, 0.5) is 0 Å². The van der Waals surface area contributed by atoms with Gasteiger partial charge in [0.05, 0.1) is 11.1 Å². The Balaban J connectivity index is 2.69. The second-order valence-electron chi connectivity index (χ2n) is 2.07. The van der Waals surface area contributed by atoms with Crippen molar-refractivity contribution in [3.63, 3.8) is 0 Å². The first kappa shape index (κ1) is 9.16. The van der Waals surface area contributed by atoms with Crippen molar-refractivity contribution in [3.8, 4) is 11.5 Å². The van der Waals surface area contributed by atoms with Crippen LogP contribution in [0.25, 0.3) is 0 Å². The topological polar surface area (TPSA) is 38.7 Å². The van der Waals surface area contributed by atoms with Crippen molar-refractivity contribution in [2.24, 2.45) is 0 Å². The van der Waals surface area contributed by atoms with Crippen molar-refractivity contribution in [2.45, 2.75) is 0 Å². The summed E-state index contributed by atoms with van der Waals surface area (Å²) < 4.78 is 9.65. The molecule has 0 spiro atoms. The van der Waals surface area contributed by atoms with Crippen molar-refractivity contribution >= 4 is 11.6 Å². The fourth-order valence-electron chi connectivity index (χ4n) is 0.652. The highest BCUT2D eigenvalue weighted by molar-refractivity contribution is 6.31. The summed E-state index contributed by atoms with van der Waals surface area (Å²) in [6.07, 6.45) is 0. The summed E-state index contributed by atoms with van der Waals surface area (Å²) in [5.41, 5.74) is 0. The van der Waals surface area contributed by atoms with Crippen molar-refractivity contribution in [2.75, 3.05) is 13.9 Å². The lowest BCUT2D eigenvalue weighted by Gasteiger charge is -2.04. The number of ether oxygens (including phenoxy) is 2. The summed E-state index contributed by atoms with van der Waals surface area (Å²) in [7, 11) is 1.51. The molecular formula is C8H8ClO3. The number of benzene rings is 1. The van der Waals surface area contributed by atoms with Crippen LogP contribution in [0.1, 0.15) is 0 Å². The fraction of sp³-hybridized carbons (Fsp3) is 0.250. The van der Waals surface area contributed by atoms with Crippen LogP contribution >= 0.6 is 11.6 Å². The Bertz CT molecular complexity index is 262. The van der Waals surface area contributed by atoms with Gasteiger partial charge in [-0.05, 0) is 12.1 Å². The highest BCUT2D eigenvalue weighted by Gasteiger charge is 2.00. The van der Waals surface area contributed by atoms with E-state index in [2.05, 4.69) is 10.8 Å². The number of hydrogen-bond acceptors (Lipinski definition) is 3. The molecule has 4 heteroatoms. The summed E-state index contributed by atoms with van der Waals surface area (Å²) >= 11 is 5.55. The minimum absolute atomic E-state index is 0.120. The number of aromatic hydroxyl groups is 1. The molecule has 1 N–H and O–H groups in total. The van der Waals surface area contributed by atoms with Gasteiger partial charge in [0.15, 0.2) is 6.79 Å². The maximum absolute atomic E-state index is 9.09. The largest absolute Gasteiger partial charge is 0.506 e. The Labute approximate surface area is 75.5 Å². The standard InChI is InChI=1S/C8H8ClO3/c1-11-5-12-6-2-3-7(9)8(10)4-6/h2-3,10H,5H2,1H3. The third-order valence-electron chi connectivity index (χ3n) is 1.18. The SMILES string of the molecule is COCOc1[c]c(O)c(Cl)cc1. The Morgan fingerprint density at radius 1 is 1.58 bits per heavy atom. The third-order valence-corrected chi connectivity index (χ3v) is 1.49. The van der Waals surface area contributed by atoms with Crippen LogP contribution in [0.15, 0.2) is 12.1 Å². The Kier molecular flexibility index (Phi) is 3.19. The first-order valence-corrected chi connectivity index (χ1v) is 3.64. The van der Waals surface area contributed by atoms with Gasteiger partial charge in [0.2, 0.25) is 0 Å². The molecule has 0 amide bonds. The maximum Gasteiger partial charge on any atom is 0.188 e. The second kappa shape index (κ2) is 4.18. The Morgan fingerprint density at radius 3 is 2.92 bits per heavy atom. The number of halogens is 1. The van der Waals surface area contributed by atoms with Gasteiger partial charge in [0.1, 0.15) is 11.5 Å². The number of phenolic OH excluding ortho intramolecular Hbond substituents is 1. The first-order valence-electron chi connectivity index (χ1n) is 3.26. The normalized spacial score (nSPS) is 9.83. The average molecular weight is 188 g/mol. The summed E-state index contributed by atoms with van der Waals surface area (Å²) in [5.74, 6) is 0.281. The number of rotatable bonds is 3. The van der Waals surface area contributed by atoms with Gasteiger partial charge in [0, 0.05) is 7.11 Å². The average Bonchev–Trinajstić information content (AvgIpc) is 2.07. The van der Waals surface area contributed by atoms with E-state index in [1.807, 2.05) is 0 Å². The molecule has 65 valence electrons. The lowest BCUT2D eigenvalue weighted by Crippen LogP contribution is -1.98. The lowest BCUT2D eigenvalue weighted by atomic mass is 10.3. The summed E-state index contributed by atoms with van der Waals surface area (Å²) in [6, 6.07) is 5.66. The molecule has 0 bridgehead atoms. The van der Waals surface area contributed by atoms with E-state index in [4.69, 9.17) is 21.4 Å². The van der Waals surface area contributed by atoms with Gasteiger partial charge < -0.3 is 14.6 Å². The molecule has 0 unspecified atom stereocenters. The third kappa shape index (κ3) is 2.29. The molecule has 0 atom stereocenters. The molecule has 0 aliphatic carbocycles. The number of methoxy groups -OCH3 is 1. The van der Waals surface area contributed by atoms with Crippen molar-refractivity contribution in [1.82, 2.24) is 0 Å². The minimum Gasteiger partial charge on any atom is -0.506 e. The molecule has 0 aromatic heterocycles. The zero-order valence-corrected chi connectivity index (χ0v) is 7.26. The highest BCUT2D eigenvalue weighted by Crippen LogP contribution is 2.26. The molecule has 0 saturated carbocycles. The highest BCUT2D eigenvalue weighted by atomic mass is 35.5. The molecule has 3 nitrogen and oxygen atoms in total. The molecule has 0 fully saturated rings. The zero-order valence-electron chi connectivity index (χ0n) is 6.50. The van der Waals surface area contributed by atoms with Crippen LogP contribution in [0.3, 0.4) is 0 Å². The second-order valence-corrected chi connectivity index (χ2v) is 2.48. The molecule has 1 radical (unpaired) electrons. The molecule has 0 aliphatic heterocycles. The van der Waals surface area contributed by atoms with E-state index in [9.17, 15) is 0 Å². The van der Waals surface area contributed by atoms with E-state index in [0.29, 0.717) is 5.75 Å². The molecule has 1 aromatic rings. The van der Waals surface area contributed by atoms with E-state index in [1.54, 1.807) is 6.07 Å². The van der Waals surface area contributed by atoms with Crippen LogP contribution in [0.5, 0.6) is 11.5 Å². The maximum atomic E-state index is 9.09.